The lowest BCUT2D eigenvalue weighted by Crippen LogP contribution is -2.31. The Bertz CT molecular complexity index is 907. The highest BCUT2D eigenvalue weighted by Gasteiger charge is 2.14. The molecule has 0 radical (unpaired) electrons. The molecule has 0 aliphatic carbocycles. The SMILES string of the molecule is O=C(Nc1cccc(CN2CCSCC2)c1)c1cnc(-c2ccncc2)s1. The average molecular weight is 397 g/mol. The number of thioether (sulfide) groups is 1. The van der Waals surface area contributed by atoms with Gasteiger partial charge in [0.2, 0.25) is 0 Å². The van der Waals surface area contributed by atoms with Gasteiger partial charge >= 0.3 is 0 Å². The number of aromatic nitrogens is 2. The fourth-order valence-corrected chi connectivity index (χ4v) is 4.76. The minimum Gasteiger partial charge on any atom is -0.321 e. The Morgan fingerprint density at radius 2 is 1.96 bits per heavy atom. The van der Waals surface area contributed by atoms with E-state index in [1.54, 1.807) is 18.6 Å². The molecule has 0 saturated carbocycles. The van der Waals surface area contributed by atoms with Gasteiger partial charge < -0.3 is 5.32 Å². The van der Waals surface area contributed by atoms with Crippen molar-refractivity contribution in [3.8, 4) is 10.6 Å². The van der Waals surface area contributed by atoms with E-state index in [2.05, 4.69) is 32.3 Å². The molecule has 7 heteroatoms. The fourth-order valence-electron chi connectivity index (χ4n) is 2.96. The van der Waals surface area contributed by atoms with Gasteiger partial charge in [-0.05, 0) is 29.8 Å². The largest absolute Gasteiger partial charge is 0.321 e. The number of amides is 1. The second kappa shape index (κ2) is 8.65. The maximum Gasteiger partial charge on any atom is 0.267 e. The van der Waals surface area contributed by atoms with Crippen LogP contribution < -0.4 is 5.32 Å². The van der Waals surface area contributed by atoms with E-state index in [9.17, 15) is 4.79 Å². The van der Waals surface area contributed by atoms with Crippen molar-refractivity contribution in [2.75, 3.05) is 29.9 Å². The van der Waals surface area contributed by atoms with Crippen LogP contribution in [-0.2, 0) is 6.54 Å². The number of nitrogens with one attached hydrogen (secondary N) is 1. The number of pyridine rings is 1. The third-order valence-corrected chi connectivity index (χ3v) is 6.34. The van der Waals surface area contributed by atoms with Gasteiger partial charge in [0.05, 0.1) is 6.20 Å². The van der Waals surface area contributed by atoms with E-state index < -0.39 is 0 Å². The van der Waals surface area contributed by atoms with Crippen molar-refractivity contribution in [2.45, 2.75) is 6.54 Å². The zero-order valence-electron chi connectivity index (χ0n) is 14.8. The molecule has 4 rings (SSSR count). The number of anilines is 1. The molecule has 27 heavy (non-hydrogen) atoms. The van der Waals surface area contributed by atoms with Gasteiger partial charge in [-0.15, -0.1) is 11.3 Å². The Morgan fingerprint density at radius 3 is 2.78 bits per heavy atom. The van der Waals surface area contributed by atoms with Crippen LogP contribution in [0.3, 0.4) is 0 Å². The highest BCUT2D eigenvalue weighted by Crippen LogP contribution is 2.25. The predicted octanol–water partition coefficient (Wildman–Crippen LogP) is 4.01. The van der Waals surface area contributed by atoms with Gasteiger partial charge in [0, 0.05) is 54.8 Å². The standard InChI is InChI=1S/C20H20N4OS2/c25-19(18-13-22-20(27-18)16-4-6-21-7-5-16)23-17-3-1-2-15(12-17)14-24-8-10-26-11-9-24/h1-7,12-13H,8-11,14H2,(H,23,25). The molecular weight excluding hydrogens is 376 g/mol. The van der Waals surface area contributed by atoms with E-state index in [-0.39, 0.29) is 5.91 Å². The first-order valence-corrected chi connectivity index (χ1v) is 10.8. The summed E-state index contributed by atoms with van der Waals surface area (Å²) in [6, 6.07) is 11.9. The minimum absolute atomic E-state index is 0.126. The summed E-state index contributed by atoms with van der Waals surface area (Å²) in [5.74, 6) is 2.27. The van der Waals surface area contributed by atoms with Crippen molar-refractivity contribution >= 4 is 34.7 Å². The first-order valence-electron chi connectivity index (χ1n) is 8.84. The molecule has 0 atom stereocenters. The summed E-state index contributed by atoms with van der Waals surface area (Å²) < 4.78 is 0. The van der Waals surface area contributed by atoms with E-state index in [0.29, 0.717) is 4.88 Å². The zero-order valence-corrected chi connectivity index (χ0v) is 16.4. The lowest BCUT2D eigenvalue weighted by molar-refractivity contribution is 0.103. The first kappa shape index (κ1) is 18.2. The summed E-state index contributed by atoms with van der Waals surface area (Å²) in [5, 5.41) is 3.82. The van der Waals surface area contributed by atoms with Crippen molar-refractivity contribution in [3.63, 3.8) is 0 Å². The molecule has 1 aromatic carbocycles. The van der Waals surface area contributed by atoms with Crippen molar-refractivity contribution in [1.29, 1.82) is 0 Å². The van der Waals surface area contributed by atoms with E-state index in [1.807, 2.05) is 36.0 Å². The quantitative estimate of drug-likeness (QED) is 0.706. The summed E-state index contributed by atoms with van der Waals surface area (Å²) in [6.45, 7) is 3.18. The molecule has 0 unspecified atom stereocenters. The number of hydrogen-bond acceptors (Lipinski definition) is 6. The second-order valence-electron chi connectivity index (χ2n) is 6.31. The molecule has 0 bridgehead atoms. The Kier molecular flexibility index (Phi) is 5.81. The van der Waals surface area contributed by atoms with Crippen LogP contribution in [0.2, 0.25) is 0 Å². The molecule has 3 heterocycles. The molecule has 1 N–H and O–H groups in total. The molecule has 1 aliphatic rings. The second-order valence-corrected chi connectivity index (χ2v) is 8.56. The van der Waals surface area contributed by atoms with Gasteiger partial charge in [-0.1, -0.05) is 12.1 Å². The van der Waals surface area contributed by atoms with E-state index >= 15 is 0 Å². The molecule has 138 valence electrons. The normalized spacial score (nSPS) is 14.8. The molecule has 1 amide bonds. The third kappa shape index (κ3) is 4.74. The molecule has 0 spiro atoms. The molecular formula is C20H20N4OS2. The van der Waals surface area contributed by atoms with Crippen molar-refractivity contribution < 1.29 is 4.79 Å². The Balaban J connectivity index is 1.42. The fraction of sp³-hybridized carbons (Fsp3) is 0.250. The smallest absolute Gasteiger partial charge is 0.267 e. The molecule has 1 aliphatic heterocycles. The van der Waals surface area contributed by atoms with E-state index in [0.717, 1.165) is 35.9 Å². The van der Waals surface area contributed by atoms with Crippen LogP contribution in [0.5, 0.6) is 0 Å². The maximum atomic E-state index is 12.6. The molecule has 1 saturated heterocycles. The van der Waals surface area contributed by atoms with E-state index in [4.69, 9.17) is 0 Å². The number of rotatable bonds is 5. The number of carbonyl (C=O) groups is 1. The van der Waals surface area contributed by atoms with Gasteiger partial charge in [-0.3, -0.25) is 14.7 Å². The Hall–Kier alpha value is -2.22. The van der Waals surface area contributed by atoms with Gasteiger partial charge in [0.25, 0.3) is 5.91 Å². The number of benzene rings is 1. The summed E-state index contributed by atoms with van der Waals surface area (Å²) in [5.41, 5.74) is 3.01. The van der Waals surface area contributed by atoms with Gasteiger partial charge in [0.1, 0.15) is 9.88 Å². The molecule has 3 aromatic rings. The summed E-state index contributed by atoms with van der Waals surface area (Å²) in [6.07, 6.45) is 5.08. The summed E-state index contributed by atoms with van der Waals surface area (Å²) in [7, 11) is 0. The zero-order chi connectivity index (χ0) is 18.5. The molecule has 2 aromatic heterocycles. The van der Waals surface area contributed by atoms with Crippen molar-refractivity contribution in [3.05, 3.63) is 65.4 Å². The lowest BCUT2D eigenvalue weighted by atomic mass is 10.2. The molecule has 1 fully saturated rings. The Labute approximate surface area is 166 Å². The van der Waals surface area contributed by atoms with Crippen LogP contribution in [0.1, 0.15) is 15.2 Å². The maximum absolute atomic E-state index is 12.6. The van der Waals surface area contributed by atoms with Gasteiger partial charge in [-0.25, -0.2) is 4.98 Å². The topological polar surface area (TPSA) is 58.1 Å². The molecule has 5 nitrogen and oxygen atoms in total. The lowest BCUT2D eigenvalue weighted by Gasteiger charge is -2.26. The first-order chi connectivity index (χ1) is 13.3. The highest BCUT2D eigenvalue weighted by molar-refractivity contribution is 7.99. The summed E-state index contributed by atoms with van der Waals surface area (Å²) in [4.78, 5) is 24.0. The highest BCUT2D eigenvalue weighted by atomic mass is 32.2. The van der Waals surface area contributed by atoms with Crippen molar-refractivity contribution in [2.24, 2.45) is 0 Å². The van der Waals surface area contributed by atoms with Crippen LogP contribution in [0, 0.1) is 0 Å². The Morgan fingerprint density at radius 1 is 1.15 bits per heavy atom. The average Bonchev–Trinajstić information content (AvgIpc) is 3.20. The van der Waals surface area contributed by atoms with Crippen LogP contribution in [-0.4, -0.2) is 45.4 Å². The van der Waals surface area contributed by atoms with Gasteiger partial charge in [0.15, 0.2) is 0 Å². The predicted molar refractivity (Wildman–Crippen MR) is 112 cm³/mol. The number of thiazole rings is 1. The van der Waals surface area contributed by atoms with Crippen LogP contribution in [0.4, 0.5) is 5.69 Å². The monoisotopic (exact) mass is 396 g/mol. The van der Waals surface area contributed by atoms with Crippen LogP contribution >= 0.6 is 23.1 Å². The van der Waals surface area contributed by atoms with Crippen LogP contribution in [0.15, 0.2) is 55.0 Å². The van der Waals surface area contributed by atoms with E-state index in [1.165, 1.54) is 28.4 Å². The van der Waals surface area contributed by atoms with Crippen molar-refractivity contribution in [1.82, 2.24) is 14.9 Å². The van der Waals surface area contributed by atoms with Crippen LogP contribution in [0.25, 0.3) is 10.6 Å². The minimum atomic E-state index is -0.126. The summed E-state index contributed by atoms with van der Waals surface area (Å²) >= 11 is 3.40. The van der Waals surface area contributed by atoms with Gasteiger partial charge in [-0.2, -0.15) is 11.8 Å². The number of nitrogens with zero attached hydrogens (tertiary/aromatic N) is 3. The number of hydrogen-bond donors (Lipinski definition) is 1. The number of carbonyl (C=O) groups excluding carboxylic acids is 1. The third-order valence-electron chi connectivity index (χ3n) is 4.35.